The Labute approximate surface area is 101 Å². The zero-order valence-corrected chi connectivity index (χ0v) is 10.0. The molecule has 0 aliphatic carbocycles. The number of hydrogen-bond donors (Lipinski definition) is 1. The highest BCUT2D eigenvalue weighted by Gasteiger charge is 2.22. The first-order valence-corrected chi connectivity index (χ1v) is 6.14. The molecule has 1 aliphatic heterocycles. The number of benzene rings is 1. The molecule has 0 amide bonds. The van der Waals surface area contributed by atoms with E-state index in [4.69, 9.17) is 0 Å². The maximum atomic E-state index is 13.6. The Bertz CT molecular complexity index is 353. The van der Waals surface area contributed by atoms with Crippen LogP contribution in [0.25, 0.3) is 0 Å². The van der Waals surface area contributed by atoms with Gasteiger partial charge in [0.15, 0.2) is 0 Å². The van der Waals surface area contributed by atoms with Crippen LogP contribution in [-0.4, -0.2) is 25.7 Å². The maximum absolute atomic E-state index is 13.6. The Hall–Kier alpha value is -1.16. The first-order chi connectivity index (χ1) is 8.22. The largest absolute Gasteiger partial charge is 0.367 e. The summed E-state index contributed by atoms with van der Waals surface area (Å²) in [5, 5.41) is 3.37. The van der Waals surface area contributed by atoms with Gasteiger partial charge in [0.1, 0.15) is 17.3 Å². The average molecular weight is 240 g/mol. The van der Waals surface area contributed by atoms with Gasteiger partial charge in [0.05, 0.1) is 0 Å². The fourth-order valence-electron chi connectivity index (χ4n) is 2.39. The summed E-state index contributed by atoms with van der Waals surface area (Å²) in [7, 11) is 0. The van der Waals surface area contributed by atoms with Gasteiger partial charge in [0.25, 0.3) is 0 Å². The summed E-state index contributed by atoms with van der Waals surface area (Å²) in [5.41, 5.74) is 0.127. The molecule has 1 aliphatic rings. The van der Waals surface area contributed by atoms with E-state index in [1.807, 2.05) is 0 Å². The van der Waals surface area contributed by atoms with Gasteiger partial charge in [0, 0.05) is 19.1 Å². The van der Waals surface area contributed by atoms with E-state index in [2.05, 4.69) is 12.2 Å². The zero-order chi connectivity index (χ0) is 12.3. The highest BCUT2D eigenvalue weighted by atomic mass is 19.1. The summed E-state index contributed by atoms with van der Waals surface area (Å²) in [6.45, 7) is 4.42. The van der Waals surface area contributed by atoms with Gasteiger partial charge < -0.3 is 10.2 Å². The van der Waals surface area contributed by atoms with E-state index in [0.29, 0.717) is 19.1 Å². The van der Waals surface area contributed by atoms with Crippen LogP contribution in [0.1, 0.15) is 19.8 Å². The number of para-hydroxylation sites is 1. The minimum atomic E-state index is -0.466. The normalized spacial score (nSPS) is 17.5. The molecule has 1 aromatic rings. The summed E-state index contributed by atoms with van der Waals surface area (Å²) in [4.78, 5) is 1.80. The van der Waals surface area contributed by atoms with Gasteiger partial charge >= 0.3 is 0 Å². The van der Waals surface area contributed by atoms with Crippen LogP contribution >= 0.6 is 0 Å². The summed E-state index contributed by atoms with van der Waals surface area (Å²) >= 11 is 0. The quantitative estimate of drug-likeness (QED) is 0.873. The molecule has 1 aromatic carbocycles. The van der Waals surface area contributed by atoms with E-state index in [-0.39, 0.29) is 5.69 Å². The number of nitrogens with one attached hydrogen (secondary N) is 1. The molecule has 0 radical (unpaired) electrons. The van der Waals surface area contributed by atoms with Crippen LogP contribution < -0.4 is 10.2 Å². The smallest absolute Gasteiger partial charge is 0.149 e. The lowest BCUT2D eigenvalue weighted by atomic mass is 10.0. The van der Waals surface area contributed by atoms with Crippen molar-refractivity contribution in [2.75, 3.05) is 24.5 Å². The number of nitrogens with zero attached hydrogens (tertiary/aromatic N) is 1. The summed E-state index contributed by atoms with van der Waals surface area (Å²) in [6.07, 6.45) is 1.86. The van der Waals surface area contributed by atoms with Gasteiger partial charge in [-0.25, -0.2) is 8.78 Å². The molecule has 0 spiro atoms. The van der Waals surface area contributed by atoms with Crippen LogP contribution in [0.15, 0.2) is 18.2 Å². The number of halogens is 2. The molecule has 0 aromatic heterocycles. The van der Waals surface area contributed by atoms with Crippen molar-refractivity contribution >= 4 is 5.69 Å². The molecule has 0 saturated carbocycles. The Morgan fingerprint density at radius 1 is 1.24 bits per heavy atom. The molecule has 0 bridgehead atoms. The SMILES string of the molecule is CCNC1CCN(c2c(F)cccc2F)CC1. The third kappa shape index (κ3) is 2.75. The number of rotatable bonds is 3. The zero-order valence-electron chi connectivity index (χ0n) is 10.0. The van der Waals surface area contributed by atoms with E-state index >= 15 is 0 Å². The van der Waals surface area contributed by atoms with Crippen LogP contribution in [0.4, 0.5) is 14.5 Å². The van der Waals surface area contributed by atoms with Gasteiger partial charge in [-0.1, -0.05) is 13.0 Å². The second-order valence-corrected chi connectivity index (χ2v) is 4.39. The summed E-state index contributed by atoms with van der Waals surface area (Å²) < 4.78 is 27.2. The first-order valence-electron chi connectivity index (χ1n) is 6.14. The van der Waals surface area contributed by atoms with Crippen LogP contribution in [0, 0.1) is 11.6 Å². The Morgan fingerprint density at radius 2 is 1.82 bits per heavy atom. The Balaban J connectivity index is 2.05. The van der Waals surface area contributed by atoms with Crippen molar-refractivity contribution < 1.29 is 8.78 Å². The molecule has 0 atom stereocenters. The van der Waals surface area contributed by atoms with Gasteiger partial charge in [-0.05, 0) is 31.5 Å². The van der Waals surface area contributed by atoms with E-state index in [0.717, 1.165) is 19.4 Å². The lowest BCUT2D eigenvalue weighted by Crippen LogP contribution is -2.43. The third-order valence-corrected chi connectivity index (χ3v) is 3.24. The molecule has 4 heteroatoms. The van der Waals surface area contributed by atoms with Gasteiger partial charge in [-0.15, -0.1) is 0 Å². The monoisotopic (exact) mass is 240 g/mol. The van der Waals surface area contributed by atoms with Crippen molar-refractivity contribution in [3.05, 3.63) is 29.8 Å². The van der Waals surface area contributed by atoms with Crippen LogP contribution in [0.5, 0.6) is 0 Å². The second-order valence-electron chi connectivity index (χ2n) is 4.39. The highest BCUT2D eigenvalue weighted by molar-refractivity contribution is 5.49. The van der Waals surface area contributed by atoms with E-state index in [1.54, 1.807) is 4.90 Å². The molecule has 0 unspecified atom stereocenters. The van der Waals surface area contributed by atoms with E-state index < -0.39 is 11.6 Å². The molecule has 1 N–H and O–H groups in total. The van der Waals surface area contributed by atoms with Gasteiger partial charge in [0.2, 0.25) is 0 Å². The molecule has 17 heavy (non-hydrogen) atoms. The predicted octanol–water partition coefficient (Wildman–Crippen LogP) is 2.54. The molecule has 1 heterocycles. The highest BCUT2D eigenvalue weighted by Crippen LogP contribution is 2.26. The predicted molar refractivity (Wildman–Crippen MR) is 65.3 cm³/mol. The summed E-state index contributed by atoms with van der Waals surface area (Å²) in [5.74, 6) is -0.932. The van der Waals surface area contributed by atoms with Gasteiger partial charge in [-0.2, -0.15) is 0 Å². The van der Waals surface area contributed by atoms with Crippen molar-refractivity contribution in [3.63, 3.8) is 0 Å². The van der Waals surface area contributed by atoms with E-state index in [9.17, 15) is 8.78 Å². The third-order valence-electron chi connectivity index (χ3n) is 3.24. The standard InChI is InChI=1S/C13H18F2N2/c1-2-16-10-6-8-17(9-7-10)13-11(14)4-3-5-12(13)15/h3-5,10,16H,2,6-9H2,1H3. The number of anilines is 1. The molecule has 2 rings (SSSR count). The Kier molecular flexibility index (Phi) is 3.94. The van der Waals surface area contributed by atoms with Crippen molar-refractivity contribution in [2.24, 2.45) is 0 Å². The minimum absolute atomic E-state index is 0.127. The molecule has 1 saturated heterocycles. The van der Waals surface area contributed by atoms with Crippen molar-refractivity contribution in [3.8, 4) is 0 Å². The van der Waals surface area contributed by atoms with Crippen molar-refractivity contribution in [1.82, 2.24) is 5.32 Å². The lowest BCUT2D eigenvalue weighted by Gasteiger charge is -2.34. The number of piperidine rings is 1. The van der Waals surface area contributed by atoms with Crippen molar-refractivity contribution in [2.45, 2.75) is 25.8 Å². The topological polar surface area (TPSA) is 15.3 Å². The fourth-order valence-corrected chi connectivity index (χ4v) is 2.39. The number of hydrogen-bond acceptors (Lipinski definition) is 2. The second kappa shape index (κ2) is 5.45. The summed E-state index contributed by atoms with van der Waals surface area (Å²) in [6, 6.07) is 4.51. The van der Waals surface area contributed by atoms with Crippen LogP contribution in [-0.2, 0) is 0 Å². The van der Waals surface area contributed by atoms with E-state index in [1.165, 1.54) is 18.2 Å². The van der Waals surface area contributed by atoms with Crippen molar-refractivity contribution in [1.29, 1.82) is 0 Å². The van der Waals surface area contributed by atoms with Crippen LogP contribution in [0.3, 0.4) is 0 Å². The van der Waals surface area contributed by atoms with Crippen LogP contribution in [0.2, 0.25) is 0 Å². The molecule has 1 fully saturated rings. The molecular formula is C13H18F2N2. The Morgan fingerprint density at radius 3 is 2.35 bits per heavy atom. The maximum Gasteiger partial charge on any atom is 0.149 e. The average Bonchev–Trinajstić information content (AvgIpc) is 2.31. The van der Waals surface area contributed by atoms with Gasteiger partial charge in [-0.3, -0.25) is 0 Å². The molecule has 94 valence electrons. The molecular weight excluding hydrogens is 222 g/mol. The first kappa shape index (κ1) is 12.3. The lowest BCUT2D eigenvalue weighted by molar-refractivity contribution is 0.417. The fraction of sp³-hybridized carbons (Fsp3) is 0.538. The minimum Gasteiger partial charge on any atom is -0.367 e. The molecule has 2 nitrogen and oxygen atoms in total.